The molecule has 0 saturated carbocycles. The Morgan fingerprint density at radius 2 is 2.29 bits per heavy atom. The Bertz CT molecular complexity index is 421. The molecule has 1 heterocycles. The summed E-state index contributed by atoms with van der Waals surface area (Å²) >= 11 is 1.65. The molecule has 0 spiro atoms. The van der Waals surface area contributed by atoms with Crippen LogP contribution in [-0.2, 0) is 6.42 Å². The van der Waals surface area contributed by atoms with E-state index in [2.05, 4.69) is 32.8 Å². The second-order valence-corrected chi connectivity index (χ2v) is 5.44. The highest BCUT2D eigenvalue weighted by molar-refractivity contribution is 7.15. The molecule has 0 fully saturated rings. The summed E-state index contributed by atoms with van der Waals surface area (Å²) < 4.78 is 0. The van der Waals surface area contributed by atoms with Gasteiger partial charge in [-0.25, -0.2) is 0 Å². The lowest BCUT2D eigenvalue weighted by molar-refractivity contribution is 0.564. The number of anilines is 1. The van der Waals surface area contributed by atoms with Crippen LogP contribution >= 0.6 is 11.3 Å². The van der Waals surface area contributed by atoms with Crippen LogP contribution in [0.5, 0.6) is 0 Å². The van der Waals surface area contributed by atoms with Crippen molar-refractivity contribution in [3.8, 4) is 0 Å². The number of rotatable bonds is 6. The zero-order valence-electron chi connectivity index (χ0n) is 10.8. The van der Waals surface area contributed by atoms with E-state index >= 15 is 0 Å². The van der Waals surface area contributed by atoms with Gasteiger partial charge >= 0.3 is 0 Å². The molecular weight excluding hydrogens is 230 g/mol. The normalized spacial score (nSPS) is 12.2. The number of nitrogens with two attached hydrogens (primary N) is 1. The lowest BCUT2D eigenvalue weighted by atomic mass is 10.0. The van der Waals surface area contributed by atoms with Crippen molar-refractivity contribution < 1.29 is 0 Å². The van der Waals surface area contributed by atoms with Crippen molar-refractivity contribution in [2.75, 3.05) is 5.43 Å². The van der Waals surface area contributed by atoms with Crippen molar-refractivity contribution in [1.29, 1.82) is 5.41 Å². The van der Waals surface area contributed by atoms with Gasteiger partial charge in [0.05, 0.1) is 16.3 Å². The molecule has 4 N–H and O–H groups in total. The molecule has 4 heteroatoms. The van der Waals surface area contributed by atoms with Crippen LogP contribution in [0.2, 0.25) is 0 Å². The highest BCUT2D eigenvalue weighted by atomic mass is 32.1. The summed E-state index contributed by atoms with van der Waals surface area (Å²) in [5, 5.41) is 7.86. The fourth-order valence-corrected chi connectivity index (χ4v) is 3.05. The van der Waals surface area contributed by atoms with Gasteiger partial charge in [0.15, 0.2) is 0 Å². The Morgan fingerprint density at radius 1 is 1.65 bits per heavy atom. The number of hydrazine groups is 1. The van der Waals surface area contributed by atoms with Crippen LogP contribution in [-0.4, -0.2) is 5.71 Å². The number of hydrogen-bond donors (Lipinski definition) is 3. The molecule has 1 aromatic heterocycles. The zero-order chi connectivity index (χ0) is 13.0. The first-order valence-electron chi connectivity index (χ1n) is 5.85. The Hall–Kier alpha value is -1.13. The maximum Gasteiger partial charge on any atom is 0.0770 e. The molecule has 17 heavy (non-hydrogen) atoms. The van der Waals surface area contributed by atoms with E-state index in [0.29, 0.717) is 11.6 Å². The van der Waals surface area contributed by atoms with E-state index < -0.39 is 0 Å². The molecule has 94 valence electrons. The summed E-state index contributed by atoms with van der Waals surface area (Å²) in [6.45, 7) is 10.1. The van der Waals surface area contributed by atoms with Crippen molar-refractivity contribution in [1.82, 2.24) is 0 Å². The Labute approximate surface area is 107 Å². The predicted octanol–water partition coefficient (Wildman–Crippen LogP) is 3.48. The molecule has 0 aromatic carbocycles. The van der Waals surface area contributed by atoms with E-state index in [9.17, 15) is 0 Å². The molecular formula is C13H21N3S. The third-order valence-corrected chi connectivity index (χ3v) is 4.42. The fourth-order valence-electron chi connectivity index (χ4n) is 1.67. The number of hydrogen-bond acceptors (Lipinski definition) is 4. The molecule has 0 radical (unpaired) electrons. The van der Waals surface area contributed by atoms with Crippen LogP contribution < -0.4 is 11.3 Å². The molecule has 0 saturated heterocycles. The van der Waals surface area contributed by atoms with Gasteiger partial charge in [-0.2, -0.15) is 0 Å². The van der Waals surface area contributed by atoms with E-state index in [4.69, 9.17) is 11.3 Å². The van der Waals surface area contributed by atoms with Crippen LogP contribution in [0.3, 0.4) is 0 Å². The summed E-state index contributed by atoms with van der Waals surface area (Å²) in [5.41, 5.74) is 5.18. The summed E-state index contributed by atoms with van der Waals surface area (Å²) in [5.74, 6) is 6.20. The summed E-state index contributed by atoms with van der Waals surface area (Å²) in [4.78, 5) is 2.20. The van der Waals surface area contributed by atoms with Crippen molar-refractivity contribution in [3.63, 3.8) is 0 Å². The Kier molecular flexibility index (Phi) is 4.90. The average molecular weight is 251 g/mol. The van der Waals surface area contributed by atoms with Crippen LogP contribution in [0.1, 0.15) is 35.6 Å². The average Bonchev–Trinajstić information content (AvgIpc) is 2.65. The smallest absolute Gasteiger partial charge is 0.0770 e. The first-order chi connectivity index (χ1) is 8.04. The van der Waals surface area contributed by atoms with Crippen molar-refractivity contribution in [3.05, 3.63) is 28.0 Å². The SMILES string of the molecule is C=CC(=N)c1sc(CC(C)CC)c(C)c1NN. The minimum absolute atomic E-state index is 0.432. The molecule has 1 rings (SSSR count). The maximum absolute atomic E-state index is 7.86. The van der Waals surface area contributed by atoms with Gasteiger partial charge in [0, 0.05) is 4.88 Å². The van der Waals surface area contributed by atoms with E-state index in [-0.39, 0.29) is 0 Å². The highest BCUT2D eigenvalue weighted by Crippen LogP contribution is 2.34. The fraction of sp³-hybridized carbons (Fsp3) is 0.462. The lowest BCUT2D eigenvalue weighted by Gasteiger charge is -2.07. The Balaban J connectivity index is 3.12. The molecule has 1 atom stereocenters. The summed E-state index contributed by atoms with van der Waals surface area (Å²) in [7, 11) is 0. The van der Waals surface area contributed by atoms with E-state index in [1.54, 1.807) is 17.4 Å². The van der Waals surface area contributed by atoms with Crippen LogP contribution in [0, 0.1) is 18.3 Å². The first kappa shape index (κ1) is 13.9. The molecule has 0 bridgehead atoms. The van der Waals surface area contributed by atoms with Crippen molar-refractivity contribution >= 4 is 22.7 Å². The van der Waals surface area contributed by atoms with E-state index in [1.807, 2.05) is 0 Å². The summed E-state index contributed by atoms with van der Waals surface area (Å²) in [6, 6.07) is 0. The largest absolute Gasteiger partial charge is 0.322 e. The van der Waals surface area contributed by atoms with Crippen LogP contribution in [0.25, 0.3) is 0 Å². The molecule has 0 aliphatic heterocycles. The van der Waals surface area contributed by atoms with Crippen LogP contribution in [0.15, 0.2) is 12.7 Å². The van der Waals surface area contributed by atoms with Gasteiger partial charge in [0.2, 0.25) is 0 Å². The van der Waals surface area contributed by atoms with Crippen molar-refractivity contribution in [2.45, 2.75) is 33.6 Å². The molecule has 0 aliphatic rings. The molecule has 3 nitrogen and oxygen atoms in total. The topological polar surface area (TPSA) is 61.9 Å². The second kappa shape index (κ2) is 5.98. The maximum atomic E-state index is 7.86. The van der Waals surface area contributed by atoms with E-state index in [1.165, 1.54) is 10.4 Å². The number of nitrogen functional groups attached to an aromatic ring is 1. The first-order valence-corrected chi connectivity index (χ1v) is 6.66. The monoisotopic (exact) mass is 251 g/mol. The van der Waals surface area contributed by atoms with Gasteiger partial charge in [0.1, 0.15) is 0 Å². The molecule has 1 unspecified atom stereocenters. The molecule has 0 amide bonds. The van der Waals surface area contributed by atoms with Gasteiger partial charge in [0.25, 0.3) is 0 Å². The predicted molar refractivity (Wildman–Crippen MR) is 77.1 cm³/mol. The van der Waals surface area contributed by atoms with Gasteiger partial charge in [-0.05, 0) is 30.9 Å². The van der Waals surface area contributed by atoms with Gasteiger partial charge < -0.3 is 5.43 Å². The van der Waals surface area contributed by atoms with Crippen molar-refractivity contribution in [2.24, 2.45) is 11.8 Å². The van der Waals surface area contributed by atoms with Gasteiger partial charge in [-0.15, -0.1) is 11.3 Å². The number of thiophene rings is 1. The lowest BCUT2D eigenvalue weighted by Crippen LogP contribution is -2.10. The number of allylic oxidation sites excluding steroid dienone is 1. The molecule has 0 aliphatic carbocycles. The third kappa shape index (κ3) is 2.96. The highest BCUT2D eigenvalue weighted by Gasteiger charge is 2.17. The summed E-state index contributed by atoms with van der Waals surface area (Å²) in [6.07, 6.45) is 3.77. The van der Waals surface area contributed by atoms with Gasteiger partial charge in [-0.3, -0.25) is 11.3 Å². The quantitative estimate of drug-likeness (QED) is 0.412. The minimum Gasteiger partial charge on any atom is -0.322 e. The van der Waals surface area contributed by atoms with Crippen LogP contribution in [0.4, 0.5) is 5.69 Å². The minimum atomic E-state index is 0.432. The second-order valence-electron chi connectivity index (χ2n) is 4.33. The Morgan fingerprint density at radius 3 is 2.76 bits per heavy atom. The zero-order valence-corrected chi connectivity index (χ0v) is 11.6. The van der Waals surface area contributed by atoms with E-state index in [0.717, 1.165) is 23.4 Å². The molecule has 1 aromatic rings. The van der Waals surface area contributed by atoms with Gasteiger partial charge in [-0.1, -0.05) is 26.8 Å². The standard InChI is InChI=1S/C13H21N3S/c1-5-8(3)7-11-9(4)12(16-15)13(17-11)10(14)6-2/h6,8,14,16H,2,5,7,15H2,1,3-4H3. The number of nitrogens with one attached hydrogen (secondary N) is 2. The third-order valence-electron chi connectivity index (χ3n) is 3.07.